The summed E-state index contributed by atoms with van der Waals surface area (Å²) in [6, 6.07) is 0. The lowest BCUT2D eigenvalue weighted by atomic mass is 9.62. The molecule has 2 aliphatic carbocycles. The van der Waals surface area contributed by atoms with Gasteiger partial charge in [0, 0.05) is 6.61 Å². The fraction of sp³-hybridized carbons (Fsp3) is 0.905. The Labute approximate surface area is 138 Å². The van der Waals surface area contributed by atoms with E-state index in [1.54, 1.807) is 0 Å². The third-order valence-corrected chi connectivity index (χ3v) is 6.48. The Kier molecular flexibility index (Phi) is 8.00. The molecule has 2 aliphatic rings. The maximum Gasteiger partial charge on any atom is 0.0644 e. The van der Waals surface area contributed by atoms with Crippen molar-refractivity contribution in [2.45, 2.75) is 90.4 Å². The van der Waals surface area contributed by atoms with Gasteiger partial charge < -0.3 is 4.74 Å². The standard InChI is InChI=1S/C21H38O/c1-3-5-13-21(16-18-22-17-4-2)14-11-20(12-15-21)19-9-7-6-8-10-19/h4,19-20H,2-3,5-18H2,1H3/t20-,21+. The highest BCUT2D eigenvalue weighted by Crippen LogP contribution is 2.49. The molecule has 1 heteroatoms. The molecular weight excluding hydrogens is 268 g/mol. The molecular formula is C21H38O. The summed E-state index contributed by atoms with van der Waals surface area (Å²) in [6.07, 6.45) is 20.8. The van der Waals surface area contributed by atoms with Gasteiger partial charge in [-0.2, -0.15) is 0 Å². The molecule has 0 N–H and O–H groups in total. The summed E-state index contributed by atoms with van der Waals surface area (Å²) >= 11 is 0. The van der Waals surface area contributed by atoms with Crippen LogP contribution in [0.1, 0.15) is 90.4 Å². The fourth-order valence-electron chi connectivity index (χ4n) is 4.96. The number of ether oxygens (including phenoxy) is 1. The predicted molar refractivity (Wildman–Crippen MR) is 96.1 cm³/mol. The average molecular weight is 307 g/mol. The lowest BCUT2D eigenvalue weighted by Gasteiger charge is -2.43. The van der Waals surface area contributed by atoms with Gasteiger partial charge in [-0.3, -0.25) is 0 Å². The van der Waals surface area contributed by atoms with E-state index in [1.165, 1.54) is 83.5 Å². The molecule has 2 fully saturated rings. The zero-order chi connectivity index (χ0) is 15.7. The summed E-state index contributed by atoms with van der Waals surface area (Å²) in [6.45, 7) is 7.73. The van der Waals surface area contributed by atoms with Crippen LogP contribution in [0.15, 0.2) is 12.7 Å². The van der Waals surface area contributed by atoms with Crippen molar-refractivity contribution in [3.63, 3.8) is 0 Å². The number of hydrogen-bond acceptors (Lipinski definition) is 1. The van der Waals surface area contributed by atoms with Gasteiger partial charge in [-0.1, -0.05) is 57.9 Å². The Morgan fingerprint density at radius 3 is 2.32 bits per heavy atom. The van der Waals surface area contributed by atoms with Crippen molar-refractivity contribution in [1.29, 1.82) is 0 Å². The first kappa shape index (κ1) is 18.0. The van der Waals surface area contributed by atoms with E-state index in [1.807, 2.05) is 6.08 Å². The smallest absolute Gasteiger partial charge is 0.0644 e. The molecule has 0 aromatic carbocycles. The van der Waals surface area contributed by atoms with Crippen LogP contribution in [0.2, 0.25) is 0 Å². The Bertz CT molecular complexity index is 295. The van der Waals surface area contributed by atoms with Crippen LogP contribution in [0, 0.1) is 17.3 Å². The number of hydrogen-bond donors (Lipinski definition) is 0. The van der Waals surface area contributed by atoms with Crippen LogP contribution in [0.4, 0.5) is 0 Å². The second-order valence-corrected chi connectivity index (χ2v) is 7.95. The molecule has 0 unspecified atom stereocenters. The molecule has 2 saturated carbocycles. The van der Waals surface area contributed by atoms with Crippen LogP contribution < -0.4 is 0 Å². The fourth-order valence-corrected chi connectivity index (χ4v) is 4.96. The van der Waals surface area contributed by atoms with E-state index in [-0.39, 0.29) is 0 Å². The summed E-state index contributed by atoms with van der Waals surface area (Å²) in [5, 5.41) is 0. The molecule has 0 heterocycles. The molecule has 0 aromatic rings. The Morgan fingerprint density at radius 1 is 1.00 bits per heavy atom. The quantitative estimate of drug-likeness (QED) is 0.348. The van der Waals surface area contributed by atoms with Crippen molar-refractivity contribution in [3.05, 3.63) is 12.7 Å². The molecule has 0 aromatic heterocycles. The van der Waals surface area contributed by atoms with Crippen LogP contribution in [0.25, 0.3) is 0 Å². The molecule has 1 nitrogen and oxygen atoms in total. The van der Waals surface area contributed by atoms with Gasteiger partial charge >= 0.3 is 0 Å². The lowest BCUT2D eigenvalue weighted by molar-refractivity contribution is 0.0490. The molecule has 0 radical (unpaired) electrons. The third-order valence-electron chi connectivity index (χ3n) is 6.48. The van der Waals surface area contributed by atoms with Crippen LogP contribution >= 0.6 is 0 Å². The number of unbranched alkanes of at least 4 members (excludes halogenated alkanes) is 1. The minimum Gasteiger partial charge on any atom is -0.377 e. The Morgan fingerprint density at radius 2 is 1.68 bits per heavy atom. The van der Waals surface area contributed by atoms with Crippen molar-refractivity contribution in [1.82, 2.24) is 0 Å². The summed E-state index contributed by atoms with van der Waals surface area (Å²) in [7, 11) is 0. The van der Waals surface area contributed by atoms with Gasteiger partial charge in [0.2, 0.25) is 0 Å². The molecule has 0 saturated heterocycles. The van der Waals surface area contributed by atoms with Crippen LogP contribution in [-0.4, -0.2) is 13.2 Å². The van der Waals surface area contributed by atoms with E-state index in [2.05, 4.69) is 13.5 Å². The van der Waals surface area contributed by atoms with Gasteiger partial charge in [0.1, 0.15) is 0 Å². The summed E-state index contributed by atoms with van der Waals surface area (Å²) in [5.74, 6) is 2.11. The normalized spacial score (nSPS) is 30.3. The maximum absolute atomic E-state index is 5.72. The first-order valence-corrected chi connectivity index (χ1v) is 9.98. The molecule has 0 atom stereocenters. The summed E-state index contributed by atoms with van der Waals surface area (Å²) in [5.41, 5.74) is 0.600. The van der Waals surface area contributed by atoms with Crippen molar-refractivity contribution in [2.75, 3.05) is 13.2 Å². The first-order chi connectivity index (χ1) is 10.8. The van der Waals surface area contributed by atoms with E-state index in [0.29, 0.717) is 12.0 Å². The van der Waals surface area contributed by atoms with Crippen molar-refractivity contribution in [2.24, 2.45) is 17.3 Å². The molecule has 0 aliphatic heterocycles. The van der Waals surface area contributed by atoms with Crippen LogP contribution in [0.5, 0.6) is 0 Å². The Balaban J connectivity index is 1.81. The van der Waals surface area contributed by atoms with Crippen molar-refractivity contribution in [3.8, 4) is 0 Å². The van der Waals surface area contributed by atoms with Crippen molar-refractivity contribution >= 4 is 0 Å². The second kappa shape index (κ2) is 9.75. The highest BCUT2D eigenvalue weighted by Gasteiger charge is 2.37. The van der Waals surface area contributed by atoms with Gasteiger partial charge in [-0.05, 0) is 55.8 Å². The summed E-state index contributed by atoms with van der Waals surface area (Å²) in [4.78, 5) is 0. The van der Waals surface area contributed by atoms with E-state index in [4.69, 9.17) is 4.74 Å². The van der Waals surface area contributed by atoms with Gasteiger partial charge in [0.25, 0.3) is 0 Å². The van der Waals surface area contributed by atoms with Gasteiger partial charge in [0.05, 0.1) is 6.61 Å². The average Bonchev–Trinajstić information content (AvgIpc) is 2.58. The minimum absolute atomic E-state index is 0.600. The zero-order valence-electron chi connectivity index (χ0n) is 15.0. The van der Waals surface area contributed by atoms with Crippen LogP contribution in [0.3, 0.4) is 0 Å². The van der Waals surface area contributed by atoms with Gasteiger partial charge in [0.15, 0.2) is 0 Å². The Hall–Kier alpha value is -0.300. The minimum atomic E-state index is 0.600. The molecule has 22 heavy (non-hydrogen) atoms. The second-order valence-electron chi connectivity index (χ2n) is 7.95. The van der Waals surface area contributed by atoms with Gasteiger partial charge in [-0.25, -0.2) is 0 Å². The number of rotatable bonds is 9. The van der Waals surface area contributed by atoms with E-state index >= 15 is 0 Å². The topological polar surface area (TPSA) is 9.23 Å². The largest absolute Gasteiger partial charge is 0.377 e. The van der Waals surface area contributed by atoms with Crippen molar-refractivity contribution < 1.29 is 4.74 Å². The van der Waals surface area contributed by atoms with E-state index in [9.17, 15) is 0 Å². The molecule has 128 valence electrons. The molecule has 0 bridgehead atoms. The SMILES string of the molecule is C=CCOCC[C@]1(CCCC)CC[C@H](C2CCCCC2)CC1. The highest BCUT2D eigenvalue weighted by molar-refractivity contribution is 4.88. The zero-order valence-corrected chi connectivity index (χ0v) is 15.0. The van der Waals surface area contributed by atoms with E-state index < -0.39 is 0 Å². The predicted octanol–water partition coefficient (Wildman–Crippen LogP) is 6.53. The van der Waals surface area contributed by atoms with Gasteiger partial charge in [-0.15, -0.1) is 6.58 Å². The highest BCUT2D eigenvalue weighted by atomic mass is 16.5. The molecule has 2 rings (SSSR count). The third kappa shape index (κ3) is 5.41. The lowest BCUT2D eigenvalue weighted by Crippen LogP contribution is -2.32. The maximum atomic E-state index is 5.72. The summed E-state index contributed by atoms with van der Waals surface area (Å²) < 4.78 is 5.72. The van der Waals surface area contributed by atoms with E-state index in [0.717, 1.165) is 18.4 Å². The molecule has 0 spiro atoms. The van der Waals surface area contributed by atoms with Crippen LogP contribution in [-0.2, 0) is 4.74 Å². The monoisotopic (exact) mass is 306 g/mol. The first-order valence-electron chi connectivity index (χ1n) is 9.98. The molecule has 0 amide bonds.